The molecular weight excluding hydrogens is 180 g/mol. The molecule has 0 aromatic carbocycles. The molecule has 1 fully saturated rings. The second-order valence-electron chi connectivity index (χ2n) is 4.88. The van der Waals surface area contributed by atoms with Crippen molar-refractivity contribution in [2.75, 3.05) is 32.7 Å². The van der Waals surface area contributed by atoms with E-state index in [0.29, 0.717) is 6.54 Å². The highest BCUT2D eigenvalue weighted by atomic mass is 16.6. The van der Waals surface area contributed by atoms with Gasteiger partial charge in [-0.3, -0.25) is 0 Å². The van der Waals surface area contributed by atoms with E-state index in [2.05, 4.69) is 5.32 Å². The molecule has 0 amide bonds. The summed E-state index contributed by atoms with van der Waals surface area (Å²) in [5.41, 5.74) is -0.349. The highest BCUT2D eigenvalue weighted by Gasteiger charge is 2.23. The second-order valence-corrected chi connectivity index (χ2v) is 4.88. The summed E-state index contributed by atoms with van der Waals surface area (Å²) >= 11 is 0. The van der Waals surface area contributed by atoms with Crippen LogP contribution in [-0.2, 0) is 9.53 Å². The van der Waals surface area contributed by atoms with E-state index in [1.165, 1.54) is 4.90 Å². The molecule has 4 nitrogen and oxygen atoms in total. The minimum Gasteiger partial charge on any atom is -0.456 e. The van der Waals surface area contributed by atoms with Gasteiger partial charge in [-0.1, -0.05) is 0 Å². The lowest BCUT2D eigenvalue weighted by molar-refractivity contribution is -0.940. The van der Waals surface area contributed by atoms with E-state index in [-0.39, 0.29) is 11.6 Å². The predicted octanol–water partition coefficient (Wildman–Crippen LogP) is -2.21. The molecule has 1 saturated heterocycles. The van der Waals surface area contributed by atoms with Crippen molar-refractivity contribution in [1.82, 2.24) is 0 Å². The van der Waals surface area contributed by atoms with Crippen molar-refractivity contribution < 1.29 is 19.7 Å². The fraction of sp³-hybridized carbons (Fsp3) is 0.900. The van der Waals surface area contributed by atoms with Crippen LogP contribution in [0.15, 0.2) is 0 Å². The average molecular weight is 202 g/mol. The zero-order chi connectivity index (χ0) is 10.6. The van der Waals surface area contributed by atoms with Crippen LogP contribution in [0.5, 0.6) is 0 Å². The van der Waals surface area contributed by atoms with Gasteiger partial charge in [-0.05, 0) is 20.8 Å². The number of ether oxygens (including phenoxy) is 1. The van der Waals surface area contributed by atoms with E-state index in [0.717, 1.165) is 26.2 Å². The van der Waals surface area contributed by atoms with Crippen LogP contribution in [0, 0.1) is 0 Å². The maximum absolute atomic E-state index is 11.5. The maximum Gasteiger partial charge on any atom is 0.362 e. The number of quaternary nitrogens is 2. The Labute approximate surface area is 85.6 Å². The van der Waals surface area contributed by atoms with Gasteiger partial charge in [0.1, 0.15) is 31.8 Å². The smallest absolute Gasteiger partial charge is 0.362 e. The van der Waals surface area contributed by atoms with Crippen LogP contribution in [0.25, 0.3) is 0 Å². The van der Waals surface area contributed by atoms with Crippen molar-refractivity contribution in [3.8, 4) is 0 Å². The van der Waals surface area contributed by atoms with E-state index in [1.807, 2.05) is 20.8 Å². The summed E-state index contributed by atoms with van der Waals surface area (Å²) in [4.78, 5) is 12.8. The molecule has 0 aromatic heterocycles. The molecule has 0 unspecified atom stereocenters. The van der Waals surface area contributed by atoms with E-state index >= 15 is 0 Å². The normalized spacial score (nSPS) is 19.4. The Morgan fingerprint density at radius 1 is 1.36 bits per heavy atom. The number of hydrogen-bond acceptors (Lipinski definition) is 2. The summed E-state index contributed by atoms with van der Waals surface area (Å²) in [6.07, 6.45) is 0. The lowest BCUT2D eigenvalue weighted by atomic mass is 10.2. The second kappa shape index (κ2) is 4.75. The van der Waals surface area contributed by atoms with Crippen molar-refractivity contribution in [3.63, 3.8) is 0 Å². The number of esters is 1. The molecule has 0 bridgehead atoms. The lowest BCUT2D eigenvalue weighted by Crippen LogP contribution is -3.21. The Kier molecular flexibility index (Phi) is 3.89. The van der Waals surface area contributed by atoms with E-state index in [9.17, 15) is 4.79 Å². The molecule has 0 atom stereocenters. The summed E-state index contributed by atoms with van der Waals surface area (Å²) in [5.74, 6) is -0.0746. The minimum absolute atomic E-state index is 0.0746. The quantitative estimate of drug-likeness (QED) is 0.499. The fourth-order valence-electron chi connectivity index (χ4n) is 1.64. The monoisotopic (exact) mass is 202 g/mol. The molecule has 1 heterocycles. The summed E-state index contributed by atoms with van der Waals surface area (Å²) in [5, 5.41) is 2.29. The van der Waals surface area contributed by atoms with Crippen LogP contribution >= 0.6 is 0 Å². The summed E-state index contributed by atoms with van der Waals surface area (Å²) in [6, 6.07) is 0. The van der Waals surface area contributed by atoms with Crippen molar-refractivity contribution in [2.24, 2.45) is 0 Å². The van der Waals surface area contributed by atoms with Gasteiger partial charge < -0.3 is 15.0 Å². The average Bonchev–Trinajstić information content (AvgIpc) is 2.02. The molecule has 3 N–H and O–H groups in total. The number of hydrogen-bond donors (Lipinski definition) is 2. The van der Waals surface area contributed by atoms with Gasteiger partial charge in [0.15, 0.2) is 6.54 Å². The molecule has 0 spiro atoms. The third kappa shape index (κ3) is 4.58. The van der Waals surface area contributed by atoms with Crippen LogP contribution in [0.4, 0.5) is 0 Å². The van der Waals surface area contributed by atoms with Crippen LogP contribution in [0.2, 0.25) is 0 Å². The molecule has 0 radical (unpaired) electrons. The molecule has 14 heavy (non-hydrogen) atoms. The first-order chi connectivity index (χ1) is 6.47. The van der Waals surface area contributed by atoms with Gasteiger partial charge in [0.25, 0.3) is 0 Å². The molecule has 0 aliphatic carbocycles. The molecule has 1 rings (SSSR count). The van der Waals surface area contributed by atoms with Crippen LogP contribution in [-0.4, -0.2) is 44.3 Å². The highest BCUT2D eigenvalue weighted by molar-refractivity contribution is 5.70. The number of piperazine rings is 1. The largest absolute Gasteiger partial charge is 0.456 e. The molecule has 1 aliphatic rings. The first-order valence-electron chi connectivity index (χ1n) is 5.34. The molecule has 82 valence electrons. The predicted molar refractivity (Wildman–Crippen MR) is 53.1 cm³/mol. The van der Waals surface area contributed by atoms with Crippen LogP contribution in [0.1, 0.15) is 20.8 Å². The molecule has 0 saturated carbocycles. The van der Waals surface area contributed by atoms with Gasteiger partial charge in [-0.2, -0.15) is 0 Å². The zero-order valence-electron chi connectivity index (χ0n) is 9.43. The number of carbonyl (C=O) groups excluding carboxylic acids is 1. The minimum atomic E-state index is -0.349. The van der Waals surface area contributed by atoms with Crippen molar-refractivity contribution in [3.05, 3.63) is 0 Å². The first-order valence-corrected chi connectivity index (χ1v) is 5.34. The summed E-state index contributed by atoms with van der Waals surface area (Å²) < 4.78 is 5.27. The van der Waals surface area contributed by atoms with Crippen molar-refractivity contribution in [1.29, 1.82) is 0 Å². The summed E-state index contributed by atoms with van der Waals surface area (Å²) in [6.45, 7) is 10.6. The van der Waals surface area contributed by atoms with Gasteiger partial charge in [0, 0.05) is 0 Å². The van der Waals surface area contributed by atoms with Gasteiger partial charge in [-0.15, -0.1) is 0 Å². The van der Waals surface area contributed by atoms with Gasteiger partial charge >= 0.3 is 5.97 Å². The molecular formula is C10H22N2O2+2. The number of nitrogens with two attached hydrogens (primary N) is 1. The zero-order valence-corrected chi connectivity index (χ0v) is 9.43. The number of carbonyl (C=O) groups is 1. The topological polar surface area (TPSA) is 47.4 Å². The summed E-state index contributed by atoms with van der Waals surface area (Å²) in [7, 11) is 0. The number of rotatable bonds is 2. The molecule has 1 aliphatic heterocycles. The Morgan fingerprint density at radius 3 is 2.43 bits per heavy atom. The third-order valence-corrected chi connectivity index (χ3v) is 2.22. The SMILES string of the molecule is CC(C)(C)OC(=O)C[NH+]1CC[NH2+]CC1. The number of nitrogens with one attached hydrogen (secondary N) is 1. The Morgan fingerprint density at radius 2 is 1.93 bits per heavy atom. The highest BCUT2D eigenvalue weighted by Crippen LogP contribution is 2.05. The van der Waals surface area contributed by atoms with E-state index < -0.39 is 0 Å². The Balaban J connectivity index is 2.25. The van der Waals surface area contributed by atoms with Gasteiger partial charge in [-0.25, -0.2) is 4.79 Å². The van der Waals surface area contributed by atoms with Crippen molar-refractivity contribution >= 4 is 5.97 Å². The molecule has 0 aromatic rings. The Bertz CT molecular complexity index is 193. The third-order valence-electron chi connectivity index (χ3n) is 2.22. The van der Waals surface area contributed by atoms with Gasteiger partial charge in [0.05, 0.1) is 0 Å². The maximum atomic E-state index is 11.5. The lowest BCUT2D eigenvalue weighted by Gasteiger charge is -2.24. The van der Waals surface area contributed by atoms with Crippen LogP contribution < -0.4 is 10.2 Å². The van der Waals surface area contributed by atoms with E-state index in [1.54, 1.807) is 0 Å². The van der Waals surface area contributed by atoms with Crippen molar-refractivity contribution in [2.45, 2.75) is 26.4 Å². The molecule has 4 heteroatoms. The fourth-order valence-corrected chi connectivity index (χ4v) is 1.64. The van der Waals surface area contributed by atoms with Gasteiger partial charge in [0.2, 0.25) is 0 Å². The standard InChI is InChI=1S/C10H20N2O2/c1-10(2,3)14-9(13)8-12-6-4-11-5-7-12/h11H,4-8H2,1-3H3/p+2. The van der Waals surface area contributed by atoms with E-state index in [4.69, 9.17) is 4.74 Å². The first kappa shape index (κ1) is 11.5. The Hall–Kier alpha value is -0.610. The van der Waals surface area contributed by atoms with Crippen LogP contribution in [0.3, 0.4) is 0 Å².